The number of carbonyl (C=O) groups is 1. The van der Waals surface area contributed by atoms with Gasteiger partial charge in [-0.15, -0.1) is 0 Å². The van der Waals surface area contributed by atoms with Crippen molar-refractivity contribution in [2.75, 3.05) is 26.4 Å². The number of nitrogens with one attached hydrogen (secondary N) is 1. The predicted molar refractivity (Wildman–Crippen MR) is 68.1 cm³/mol. The van der Waals surface area contributed by atoms with Gasteiger partial charge in [0, 0.05) is 6.54 Å². The maximum atomic E-state index is 12.2. The first kappa shape index (κ1) is 13.8. The average molecular weight is 256 g/mol. The van der Waals surface area contributed by atoms with Crippen molar-refractivity contribution in [1.29, 1.82) is 0 Å². The van der Waals surface area contributed by atoms with Crippen molar-refractivity contribution < 1.29 is 14.3 Å². The average Bonchev–Trinajstić information content (AvgIpc) is 2.37. The summed E-state index contributed by atoms with van der Waals surface area (Å²) in [5, 5.41) is 2.91. The number of hydrogen-bond donors (Lipinski definition) is 2. The molecule has 1 aliphatic heterocycles. The lowest BCUT2D eigenvalue weighted by Gasteiger charge is -2.35. The van der Waals surface area contributed by atoms with Crippen LogP contribution in [0.1, 0.15) is 32.6 Å². The molecule has 0 spiro atoms. The molecule has 1 aliphatic carbocycles. The third-order valence-corrected chi connectivity index (χ3v) is 3.86. The summed E-state index contributed by atoms with van der Waals surface area (Å²) >= 11 is 0. The van der Waals surface area contributed by atoms with Crippen molar-refractivity contribution in [3.63, 3.8) is 0 Å². The Labute approximate surface area is 108 Å². The van der Waals surface area contributed by atoms with Gasteiger partial charge in [0.2, 0.25) is 5.91 Å². The summed E-state index contributed by atoms with van der Waals surface area (Å²) in [5.41, 5.74) is 5.54. The zero-order chi connectivity index (χ0) is 13.0. The maximum Gasteiger partial charge on any atom is 0.240 e. The first-order valence-electron chi connectivity index (χ1n) is 6.87. The van der Waals surface area contributed by atoms with E-state index >= 15 is 0 Å². The molecule has 18 heavy (non-hydrogen) atoms. The Morgan fingerprint density at radius 1 is 1.50 bits per heavy atom. The molecule has 5 nitrogen and oxygen atoms in total. The van der Waals surface area contributed by atoms with Crippen LogP contribution in [0.15, 0.2) is 0 Å². The Morgan fingerprint density at radius 3 is 3.00 bits per heavy atom. The summed E-state index contributed by atoms with van der Waals surface area (Å²) in [5.74, 6) is 0.493. The molecule has 3 atom stereocenters. The highest BCUT2D eigenvalue weighted by molar-refractivity contribution is 5.86. The van der Waals surface area contributed by atoms with Gasteiger partial charge in [0.05, 0.1) is 31.5 Å². The van der Waals surface area contributed by atoms with E-state index in [9.17, 15) is 4.79 Å². The second-order valence-corrected chi connectivity index (χ2v) is 5.64. The molecule has 0 radical (unpaired) electrons. The summed E-state index contributed by atoms with van der Waals surface area (Å²) in [6, 6.07) is 0. The van der Waals surface area contributed by atoms with Crippen LogP contribution in [0.5, 0.6) is 0 Å². The Kier molecular flexibility index (Phi) is 4.59. The molecule has 1 amide bonds. The van der Waals surface area contributed by atoms with Gasteiger partial charge in [-0.25, -0.2) is 0 Å². The molecular weight excluding hydrogens is 232 g/mol. The largest absolute Gasteiger partial charge is 0.376 e. The zero-order valence-corrected chi connectivity index (χ0v) is 11.1. The van der Waals surface area contributed by atoms with E-state index < -0.39 is 5.54 Å². The second-order valence-electron chi connectivity index (χ2n) is 5.64. The van der Waals surface area contributed by atoms with Crippen molar-refractivity contribution in [2.45, 2.75) is 44.2 Å². The van der Waals surface area contributed by atoms with Crippen molar-refractivity contribution in [3.8, 4) is 0 Å². The molecule has 5 heteroatoms. The fourth-order valence-electron chi connectivity index (χ4n) is 2.84. The van der Waals surface area contributed by atoms with Crippen LogP contribution >= 0.6 is 0 Å². The van der Waals surface area contributed by atoms with Crippen molar-refractivity contribution in [2.24, 2.45) is 11.7 Å². The summed E-state index contributed by atoms with van der Waals surface area (Å²) in [7, 11) is 0. The van der Waals surface area contributed by atoms with E-state index in [0.717, 1.165) is 19.3 Å². The Balaban J connectivity index is 1.79. The molecular formula is C13H24N2O3. The molecule has 2 fully saturated rings. The molecule has 0 aromatic heterocycles. The highest BCUT2D eigenvalue weighted by Gasteiger charge is 2.38. The summed E-state index contributed by atoms with van der Waals surface area (Å²) < 4.78 is 10.8. The third-order valence-electron chi connectivity index (χ3n) is 3.86. The fourth-order valence-corrected chi connectivity index (χ4v) is 2.84. The van der Waals surface area contributed by atoms with Crippen molar-refractivity contribution >= 4 is 5.91 Å². The third kappa shape index (κ3) is 3.43. The number of hydrogen-bond acceptors (Lipinski definition) is 4. The van der Waals surface area contributed by atoms with E-state index in [0.29, 0.717) is 32.3 Å². The lowest BCUT2D eigenvalue weighted by atomic mass is 9.76. The van der Waals surface area contributed by atoms with Gasteiger partial charge in [0.25, 0.3) is 0 Å². The molecule has 1 heterocycles. The smallest absolute Gasteiger partial charge is 0.240 e. The number of carbonyl (C=O) groups excluding carboxylic acids is 1. The minimum absolute atomic E-state index is 0.0349. The Hall–Kier alpha value is -0.650. The zero-order valence-electron chi connectivity index (χ0n) is 11.1. The lowest BCUT2D eigenvalue weighted by Crippen LogP contribution is -2.57. The standard InChI is InChI=1S/C13H24N2O3/c1-10-3-2-4-13(14,7-10)12(16)15-8-11-9-17-5-6-18-11/h10-11H,2-9,14H2,1H3,(H,15,16). The quantitative estimate of drug-likeness (QED) is 0.768. The topological polar surface area (TPSA) is 73.6 Å². The van der Waals surface area contributed by atoms with Crippen LogP contribution < -0.4 is 11.1 Å². The molecule has 3 unspecified atom stereocenters. The predicted octanol–water partition coefficient (Wildman–Crippen LogP) is 0.426. The number of nitrogens with two attached hydrogens (primary N) is 1. The molecule has 1 saturated heterocycles. The minimum atomic E-state index is -0.687. The summed E-state index contributed by atoms with van der Waals surface area (Å²) in [4.78, 5) is 12.2. The first-order valence-corrected chi connectivity index (χ1v) is 6.87. The Bertz CT molecular complexity index is 292. The van der Waals surface area contributed by atoms with Crippen LogP contribution in [0.4, 0.5) is 0 Å². The SMILES string of the molecule is CC1CCCC(N)(C(=O)NCC2COCCO2)C1. The second kappa shape index (κ2) is 5.99. The van der Waals surface area contributed by atoms with Crippen molar-refractivity contribution in [1.82, 2.24) is 5.32 Å². The highest BCUT2D eigenvalue weighted by atomic mass is 16.6. The van der Waals surface area contributed by atoms with E-state index in [1.54, 1.807) is 0 Å². The van der Waals surface area contributed by atoms with Crippen molar-refractivity contribution in [3.05, 3.63) is 0 Å². The van der Waals surface area contributed by atoms with Gasteiger partial charge in [-0.1, -0.05) is 19.8 Å². The van der Waals surface area contributed by atoms with E-state index in [4.69, 9.17) is 15.2 Å². The molecule has 1 saturated carbocycles. The number of amides is 1. The van der Waals surface area contributed by atoms with Crippen LogP contribution in [0, 0.1) is 5.92 Å². The van der Waals surface area contributed by atoms with Crippen LogP contribution in [0.25, 0.3) is 0 Å². The minimum Gasteiger partial charge on any atom is -0.376 e. The number of rotatable bonds is 3. The van der Waals surface area contributed by atoms with Gasteiger partial charge < -0.3 is 20.5 Å². The lowest BCUT2D eigenvalue weighted by molar-refractivity contribution is -0.130. The van der Waals surface area contributed by atoms with Gasteiger partial charge >= 0.3 is 0 Å². The molecule has 0 aromatic carbocycles. The van der Waals surface area contributed by atoms with E-state index in [2.05, 4.69) is 12.2 Å². The molecule has 3 N–H and O–H groups in total. The van der Waals surface area contributed by atoms with Crippen LogP contribution in [-0.2, 0) is 14.3 Å². The molecule has 2 rings (SSSR count). The van der Waals surface area contributed by atoms with Crippen LogP contribution in [0.3, 0.4) is 0 Å². The van der Waals surface area contributed by atoms with Gasteiger partial charge in [-0.2, -0.15) is 0 Å². The monoisotopic (exact) mass is 256 g/mol. The van der Waals surface area contributed by atoms with E-state index in [-0.39, 0.29) is 12.0 Å². The molecule has 0 bridgehead atoms. The first-order chi connectivity index (χ1) is 8.60. The van der Waals surface area contributed by atoms with Gasteiger partial charge in [-0.3, -0.25) is 4.79 Å². The maximum absolute atomic E-state index is 12.2. The van der Waals surface area contributed by atoms with E-state index in [1.807, 2.05) is 0 Å². The molecule has 104 valence electrons. The Morgan fingerprint density at radius 2 is 2.33 bits per heavy atom. The summed E-state index contributed by atoms with van der Waals surface area (Å²) in [6.45, 7) is 4.45. The van der Waals surface area contributed by atoms with E-state index in [1.165, 1.54) is 6.42 Å². The number of ether oxygens (including phenoxy) is 2. The van der Waals surface area contributed by atoms with Gasteiger partial charge in [-0.05, 0) is 18.8 Å². The normalized spacial score (nSPS) is 37.2. The highest BCUT2D eigenvalue weighted by Crippen LogP contribution is 2.30. The fraction of sp³-hybridized carbons (Fsp3) is 0.923. The van der Waals surface area contributed by atoms with Crippen LogP contribution in [0.2, 0.25) is 0 Å². The molecule has 2 aliphatic rings. The van der Waals surface area contributed by atoms with Gasteiger partial charge in [0.15, 0.2) is 0 Å². The summed E-state index contributed by atoms with van der Waals surface area (Å²) in [6.07, 6.45) is 3.73. The van der Waals surface area contributed by atoms with Gasteiger partial charge in [0.1, 0.15) is 0 Å². The molecule has 0 aromatic rings. The van der Waals surface area contributed by atoms with Crippen LogP contribution in [-0.4, -0.2) is 43.9 Å².